The van der Waals surface area contributed by atoms with Crippen LogP contribution in [0.5, 0.6) is 0 Å². The Morgan fingerprint density at radius 3 is 2.32 bits per heavy atom. The van der Waals surface area contributed by atoms with Gasteiger partial charge in [0.1, 0.15) is 0 Å². The van der Waals surface area contributed by atoms with Crippen LogP contribution >= 0.6 is 47.8 Å². The van der Waals surface area contributed by atoms with Crippen molar-refractivity contribution in [3.05, 3.63) is 103 Å². The first-order chi connectivity index (χ1) is 13.5. The lowest BCUT2D eigenvalue weighted by Gasteiger charge is -2.23. The Balaban J connectivity index is 1.83. The van der Waals surface area contributed by atoms with Crippen molar-refractivity contribution >= 4 is 71.0 Å². The monoisotopic (exact) mass is 557 g/mol. The largest absolute Gasteiger partial charge is 0.293 e. The van der Waals surface area contributed by atoms with Crippen LogP contribution in [0.15, 0.2) is 91.2 Å². The highest BCUT2D eigenvalue weighted by atomic mass is 79.9. The predicted octanol–water partition coefficient (Wildman–Crippen LogP) is 7.74. The van der Waals surface area contributed by atoms with E-state index in [0.29, 0.717) is 11.3 Å². The number of para-hydroxylation sites is 1. The zero-order valence-corrected chi connectivity index (χ0v) is 19.3. The molecule has 3 aromatic rings. The average Bonchev–Trinajstić information content (AvgIpc) is 2.70. The van der Waals surface area contributed by atoms with Crippen LogP contribution in [0.3, 0.4) is 0 Å². The van der Waals surface area contributed by atoms with Crippen molar-refractivity contribution in [3.8, 4) is 0 Å². The third kappa shape index (κ3) is 3.97. The van der Waals surface area contributed by atoms with Gasteiger partial charge in [0.2, 0.25) is 0 Å². The van der Waals surface area contributed by atoms with E-state index in [2.05, 4.69) is 47.8 Å². The molecule has 1 aliphatic heterocycles. The molecule has 0 aromatic heterocycles. The molecule has 1 atom stereocenters. The lowest BCUT2D eigenvalue weighted by Crippen LogP contribution is -2.24. The topological polar surface area (TPSA) is 29.4 Å². The third-order valence-electron chi connectivity index (χ3n) is 4.56. The van der Waals surface area contributed by atoms with E-state index in [1.165, 1.54) is 0 Å². The van der Waals surface area contributed by atoms with E-state index in [0.717, 1.165) is 30.3 Å². The van der Waals surface area contributed by atoms with Gasteiger partial charge in [-0.1, -0.05) is 78.1 Å². The van der Waals surface area contributed by atoms with Gasteiger partial charge in [-0.25, -0.2) is 0 Å². The van der Waals surface area contributed by atoms with Crippen molar-refractivity contribution < 1.29 is 4.79 Å². The van der Waals surface area contributed by atoms with Gasteiger partial charge < -0.3 is 0 Å². The highest BCUT2D eigenvalue weighted by molar-refractivity contribution is 9.11. The van der Waals surface area contributed by atoms with Gasteiger partial charge in [0.25, 0.3) is 0 Å². The van der Waals surface area contributed by atoms with Gasteiger partial charge in [0.15, 0.2) is 5.78 Å². The number of Topliss-reactive ketones (excluding diaryl/α,β-unsaturated/α-hetero) is 1. The second-order valence-corrected chi connectivity index (χ2v) is 9.09. The number of ketones is 1. The first kappa shape index (κ1) is 19.5. The quantitative estimate of drug-likeness (QED) is 0.323. The Morgan fingerprint density at radius 1 is 0.821 bits per heavy atom. The van der Waals surface area contributed by atoms with Crippen molar-refractivity contribution in [2.75, 3.05) is 0 Å². The number of nitrogens with zero attached hydrogens (tertiary/aromatic N) is 1. The number of aliphatic imine (C=N–C) groups is 1. The molecule has 1 unspecified atom stereocenters. The fourth-order valence-electron chi connectivity index (χ4n) is 3.20. The number of carbonyl (C=O) groups excluding carboxylic acids is 1. The Morgan fingerprint density at radius 2 is 1.54 bits per heavy atom. The maximum atomic E-state index is 13.4. The minimum atomic E-state index is -0.464. The number of hydrogen-bond donors (Lipinski definition) is 0. The third-order valence-corrected chi connectivity index (χ3v) is 6.31. The summed E-state index contributed by atoms with van der Waals surface area (Å²) >= 11 is 10.6. The van der Waals surface area contributed by atoms with Crippen LogP contribution in [0, 0.1) is 0 Å². The molecule has 0 spiro atoms. The lowest BCUT2D eigenvalue weighted by atomic mass is 9.83. The van der Waals surface area contributed by atoms with Crippen molar-refractivity contribution in [3.63, 3.8) is 0 Å². The molecule has 0 saturated heterocycles. The molecule has 1 aliphatic rings. The van der Waals surface area contributed by atoms with E-state index < -0.39 is 5.92 Å². The number of halogens is 3. The lowest BCUT2D eigenvalue weighted by molar-refractivity contribution is 0.0981. The Labute approximate surface area is 188 Å². The van der Waals surface area contributed by atoms with E-state index in [1.54, 1.807) is 0 Å². The summed E-state index contributed by atoms with van der Waals surface area (Å²) in [5.74, 6) is -0.409. The molecule has 138 valence electrons. The van der Waals surface area contributed by atoms with Crippen molar-refractivity contribution in [2.24, 2.45) is 4.99 Å². The van der Waals surface area contributed by atoms with Crippen molar-refractivity contribution in [2.45, 2.75) is 5.92 Å². The zero-order chi connectivity index (χ0) is 19.7. The molecule has 5 heteroatoms. The smallest absolute Gasteiger partial charge is 0.178 e. The summed E-state index contributed by atoms with van der Waals surface area (Å²) in [5.41, 5.74) is 4.04. The molecule has 2 nitrogen and oxygen atoms in total. The molecule has 0 amide bonds. The second kappa shape index (κ2) is 8.27. The SMILES string of the molecule is O=C1c2ccccc2N=C(/C=C/c2ccc(Br)cc2)C1c1cc(Br)ccc1Br. The number of benzene rings is 3. The first-order valence-corrected chi connectivity index (χ1v) is 11.0. The average molecular weight is 560 g/mol. The van der Waals surface area contributed by atoms with E-state index in [4.69, 9.17) is 4.99 Å². The number of allylic oxidation sites excluding steroid dienone is 1. The minimum Gasteiger partial charge on any atom is -0.293 e. The molecule has 0 bridgehead atoms. The maximum absolute atomic E-state index is 13.4. The molecule has 0 aliphatic carbocycles. The summed E-state index contributed by atoms with van der Waals surface area (Å²) in [4.78, 5) is 18.2. The zero-order valence-electron chi connectivity index (χ0n) is 14.6. The normalized spacial score (nSPS) is 16.2. The van der Waals surface area contributed by atoms with Crippen molar-refractivity contribution in [1.29, 1.82) is 0 Å². The van der Waals surface area contributed by atoms with Crippen LogP contribution in [-0.2, 0) is 0 Å². The number of hydrogen-bond acceptors (Lipinski definition) is 2. The fourth-order valence-corrected chi connectivity index (χ4v) is 4.32. The first-order valence-electron chi connectivity index (χ1n) is 8.63. The summed E-state index contributed by atoms with van der Waals surface area (Å²) in [6, 6.07) is 21.4. The van der Waals surface area contributed by atoms with Gasteiger partial charge in [-0.15, -0.1) is 0 Å². The molecule has 0 fully saturated rings. The predicted molar refractivity (Wildman–Crippen MR) is 126 cm³/mol. The van der Waals surface area contributed by atoms with Gasteiger partial charge >= 0.3 is 0 Å². The molecule has 0 radical (unpaired) electrons. The highest BCUT2D eigenvalue weighted by Gasteiger charge is 2.32. The molecule has 4 rings (SSSR count). The van der Waals surface area contributed by atoms with Crippen LogP contribution in [0.25, 0.3) is 6.08 Å². The molecule has 28 heavy (non-hydrogen) atoms. The van der Waals surface area contributed by atoms with E-state index in [9.17, 15) is 4.79 Å². The van der Waals surface area contributed by atoms with Gasteiger partial charge in [-0.2, -0.15) is 0 Å². The second-order valence-electron chi connectivity index (χ2n) is 6.40. The van der Waals surface area contributed by atoms with Crippen LogP contribution in [0.4, 0.5) is 5.69 Å². The van der Waals surface area contributed by atoms with Crippen LogP contribution in [-0.4, -0.2) is 11.5 Å². The van der Waals surface area contributed by atoms with Crippen LogP contribution < -0.4 is 0 Å². The fraction of sp³-hybridized carbons (Fsp3) is 0.0435. The molecule has 0 saturated carbocycles. The number of fused-ring (bicyclic) bond motifs is 1. The molecule has 0 N–H and O–H groups in total. The standard InChI is InChI=1S/C23H14Br3NO/c24-15-8-5-14(6-9-15)7-12-21-22(18-13-16(25)10-11-19(18)26)23(28)17-3-1-2-4-20(17)27-21/h1-13,22H/b12-7+. The van der Waals surface area contributed by atoms with Gasteiger partial charge in [0, 0.05) is 19.0 Å². The van der Waals surface area contributed by atoms with Gasteiger partial charge in [-0.05, 0) is 59.7 Å². The summed E-state index contributed by atoms with van der Waals surface area (Å²) in [5, 5.41) is 0. The Bertz CT molecular complexity index is 1120. The molecule has 1 heterocycles. The van der Waals surface area contributed by atoms with Gasteiger partial charge in [0.05, 0.1) is 17.3 Å². The summed E-state index contributed by atoms with van der Waals surface area (Å²) in [6.45, 7) is 0. The Hall–Kier alpha value is -1.82. The van der Waals surface area contributed by atoms with Crippen LogP contribution in [0.1, 0.15) is 27.4 Å². The van der Waals surface area contributed by atoms with Gasteiger partial charge in [-0.3, -0.25) is 9.79 Å². The molecular weight excluding hydrogens is 546 g/mol. The van der Waals surface area contributed by atoms with E-state index >= 15 is 0 Å². The summed E-state index contributed by atoms with van der Waals surface area (Å²) in [7, 11) is 0. The summed E-state index contributed by atoms with van der Waals surface area (Å²) in [6.07, 6.45) is 3.93. The molecular formula is C23H14Br3NO. The van der Waals surface area contributed by atoms with E-state index in [-0.39, 0.29) is 5.78 Å². The van der Waals surface area contributed by atoms with Crippen molar-refractivity contribution in [1.82, 2.24) is 0 Å². The summed E-state index contributed by atoms with van der Waals surface area (Å²) < 4.78 is 2.84. The molecule has 3 aromatic carbocycles. The maximum Gasteiger partial charge on any atom is 0.178 e. The van der Waals surface area contributed by atoms with Crippen LogP contribution in [0.2, 0.25) is 0 Å². The van der Waals surface area contributed by atoms with E-state index in [1.807, 2.05) is 78.9 Å². The number of rotatable bonds is 3. The Kier molecular flexibility index (Phi) is 5.76. The minimum absolute atomic E-state index is 0.0554. The highest BCUT2D eigenvalue weighted by Crippen LogP contribution is 2.38. The number of carbonyl (C=O) groups is 1.